The summed E-state index contributed by atoms with van der Waals surface area (Å²) in [5.41, 5.74) is 1.93. The van der Waals surface area contributed by atoms with Crippen LogP contribution in [0.3, 0.4) is 0 Å². The molecule has 9 heteroatoms. The molecule has 1 aliphatic rings. The summed E-state index contributed by atoms with van der Waals surface area (Å²) in [7, 11) is 0. The Labute approximate surface area is 146 Å². The van der Waals surface area contributed by atoms with Crippen LogP contribution < -0.4 is 10.6 Å². The van der Waals surface area contributed by atoms with E-state index in [2.05, 4.69) is 26.0 Å². The summed E-state index contributed by atoms with van der Waals surface area (Å²) in [5.74, 6) is -0.429. The highest BCUT2D eigenvalue weighted by molar-refractivity contribution is 7.08. The molecule has 1 aromatic carbocycles. The monoisotopic (exact) mass is 354 g/mol. The van der Waals surface area contributed by atoms with E-state index < -0.39 is 0 Å². The van der Waals surface area contributed by atoms with Crippen LogP contribution in [0, 0.1) is 0 Å². The molecule has 1 saturated carbocycles. The van der Waals surface area contributed by atoms with Gasteiger partial charge in [-0.25, -0.2) is 0 Å². The van der Waals surface area contributed by atoms with Gasteiger partial charge in [-0.1, -0.05) is 0 Å². The highest BCUT2D eigenvalue weighted by Gasteiger charge is 2.25. The zero-order valence-corrected chi connectivity index (χ0v) is 13.9. The summed E-state index contributed by atoms with van der Waals surface area (Å²) in [6.07, 6.45) is 2.00. The van der Waals surface area contributed by atoms with E-state index in [1.807, 2.05) is 5.38 Å². The van der Waals surface area contributed by atoms with Crippen LogP contribution in [-0.4, -0.2) is 38.1 Å². The number of carbonyl (C=O) groups is 2. The molecule has 1 aliphatic carbocycles. The number of nitrogens with zero attached hydrogens (tertiary/aromatic N) is 4. The van der Waals surface area contributed by atoms with E-state index >= 15 is 0 Å². The molecule has 8 nitrogen and oxygen atoms in total. The van der Waals surface area contributed by atoms with E-state index in [-0.39, 0.29) is 23.7 Å². The second-order valence-electron chi connectivity index (χ2n) is 5.66. The summed E-state index contributed by atoms with van der Waals surface area (Å²) in [5, 5.41) is 21.0. The molecule has 0 saturated heterocycles. The number of rotatable bonds is 5. The summed E-state index contributed by atoms with van der Waals surface area (Å²) in [6, 6.07) is 8.98. The summed E-state index contributed by atoms with van der Waals surface area (Å²) >= 11 is 1.47. The number of anilines is 1. The molecule has 3 aromatic rings. The average Bonchev–Trinajstić information content (AvgIpc) is 3.10. The van der Waals surface area contributed by atoms with Gasteiger partial charge in [-0.3, -0.25) is 9.59 Å². The van der Waals surface area contributed by atoms with Crippen molar-refractivity contribution in [1.82, 2.24) is 25.5 Å². The number of thiophene rings is 1. The van der Waals surface area contributed by atoms with Crippen LogP contribution in [0.25, 0.3) is 5.69 Å². The van der Waals surface area contributed by atoms with Crippen molar-refractivity contribution in [1.29, 1.82) is 0 Å². The molecule has 0 atom stereocenters. The molecule has 2 amide bonds. The van der Waals surface area contributed by atoms with Crippen molar-refractivity contribution < 1.29 is 9.59 Å². The van der Waals surface area contributed by atoms with Crippen LogP contribution in [0.1, 0.15) is 33.8 Å². The number of aromatic nitrogens is 4. The first-order chi connectivity index (χ1) is 12.2. The molecule has 0 bridgehead atoms. The fourth-order valence-electron chi connectivity index (χ4n) is 2.17. The minimum atomic E-state index is -0.312. The van der Waals surface area contributed by atoms with Gasteiger partial charge in [0.25, 0.3) is 17.6 Å². The first kappa shape index (κ1) is 15.5. The Kier molecular flexibility index (Phi) is 3.98. The summed E-state index contributed by atoms with van der Waals surface area (Å²) in [6.45, 7) is 0. The number of nitrogens with one attached hydrogen (secondary N) is 2. The number of carbonyl (C=O) groups excluding carboxylic acids is 2. The molecule has 0 spiro atoms. The Morgan fingerprint density at radius 3 is 2.60 bits per heavy atom. The maximum atomic E-state index is 12.0. The van der Waals surface area contributed by atoms with E-state index in [0.717, 1.165) is 12.8 Å². The van der Waals surface area contributed by atoms with Gasteiger partial charge in [0, 0.05) is 17.1 Å². The van der Waals surface area contributed by atoms with E-state index in [1.165, 1.54) is 16.1 Å². The smallest absolute Gasteiger partial charge is 0.293 e. The Morgan fingerprint density at radius 1 is 1.12 bits per heavy atom. The molecule has 2 aromatic heterocycles. The van der Waals surface area contributed by atoms with Crippen molar-refractivity contribution in [3.05, 3.63) is 52.5 Å². The fraction of sp³-hybridized carbons (Fsp3) is 0.188. The largest absolute Gasteiger partial charge is 0.346 e. The van der Waals surface area contributed by atoms with E-state index in [1.54, 1.807) is 35.7 Å². The third kappa shape index (κ3) is 3.56. The lowest BCUT2D eigenvalue weighted by Gasteiger charge is -2.04. The third-order valence-electron chi connectivity index (χ3n) is 3.67. The van der Waals surface area contributed by atoms with Gasteiger partial charge in [0.05, 0.1) is 11.3 Å². The molecule has 1 fully saturated rings. The zero-order chi connectivity index (χ0) is 17.2. The molecule has 25 heavy (non-hydrogen) atoms. The van der Waals surface area contributed by atoms with E-state index in [0.29, 0.717) is 16.9 Å². The number of hydrogen-bond donors (Lipinski definition) is 2. The van der Waals surface area contributed by atoms with Gasteiger partial charge >= 0.3 is 0 Å². The normalized spacial score (nSPS) is 13.4. The van der Waals surface area contributed by atoms with Gasteiger partial charge in [0.2, 0.25) is 0 Å². The van der Waals surface area contributed by atoms with Crippen LogP contribution in [0.15, 0.2) is 41.1 Å². The van der Waals surface area contributed by atoms with Crippen molar-refractivity contribution >= 4 is 28.8 Å². The van der Waals surface area contributed by atoms with Crippen LogP contribution in [0.2, 0.25) is 0 Å². The first-order valence-corrected chi connectivity index (χ1v) is 8.68. The van der Waals surface area contributed by atoms with Crippen LogP contribution in [0.5, 0.6) is 0 Å². The van der Waals surface area contributed by atoms with Crippen molar-refractivity contribution in [2.24, 2.45) is 0 Å². The van der Waals surface area contributed by atoms with Gasteiger partial charge in [-0.05, 0) is 53.8 Å². The lowest BCUT2D eigenvalue weighted by Crippen LogP contribution is -2.26. The highest BCUT2D eigenvalue weighted by Crippen LogP contribution is 2.19. The van der Waals surface area contributed by atoms with E-state index in [9.17, 15) is 9.59 Å². The SMILES string of the molecule is O=C(Nc1ccc(-n2nnc(C(=O)NC3CC3)n2)cc1)c1ccsc1. The Balaban J connectivity index is 1.44. The van der Waals surface area contributed by atoms with Crippen molar-refractivity contribution in [2.45, 2.75) is 18.9 Å². The maximum Gasteiger partial charge on any atom is 0.293 e. The van der Waals surface area contributed by atoms with Gasteiger partial charge in [0.15, 0.2) is 0 Å². The molecule has 0 aliphatic heterocycles. The van der Waals surface area contributed by atoms with Gasteiger partial charge in [0.1, 0.15) is 0 Å². The third-order valence-corrected chi connectivity index (χ3v) is 4.35. The number of tetrazole rings is 1. The second kappa shape index (κ2) is 6.44. The molecule has 2 heterocycles. The standard InChI is InChI=1S/C16H14N6O2S/c23-15(10-7-8-25-9-10)17-12-3-5-13(6-4-12)22-20-14(19-21-22)16(24)18-11-1-2-11/h3-9,11H,1-2H2,(H,17,23)(H,18,24). The maximum absolute atomic E-state index is 12.0. The predicted octanol–water partition coefficient (Wildman–Crippen LogP) is 1.87. The quantitative estimate of drug-likeness (QED) is 0.728. The van der Waals surface area contributed by atoms with Crippen molar-refractivity contribution in [2.75, 3.05) is 5.32 Å². The van der Waals surface area contributed by atoms with Crippen LogP contribution >= 0.6 is 11.3 Å². The number of amides is 2. The molecule has 126 valence electrons. The van der Waals surface area contributed by atoms with Crippen LogP contribution in [0.4, 0.5) is 5.69 Å². The Bertz CT molecular complexity index is 899. The number of hydrogen-bond acceptors (Lipinski definition) is 6. The molecule has 2 N–H and O–H groups in total. The first-order valence-electron chi connectivity index (χ1n) is 7.74. The van der Waals surface area contributed by atoms with E-state index in [4.69, 9.17) is 0 Å². The second-order valence-corrected chi connectivity index (χ2v) is 6.44. The topological polar surface area (TPSA) is 102 Å². The lowest BCUT2D eigenvalue weighted by atomic mass is 10.2. The van der Waals surface area contributed by atoms with Gasteiger partial charge in [-0.2, -0.15) is 11.3 Å². The van der Waals surface area contributed by atoms with Gasteiger partial charge in [-0.15, -0.1) is 15.0 Å². The Morgan fingerprint density at radius 2 is 1.92 bits per heavy atom. The lowest BCUT2D eigenvalue weighted by molar-refractivity contribution is 0.0939. The number of benzene rings is 1. The Hall–Kier alpha value is -3.07. The average molecular weight is 354 g/mol. The van der Waals surface area contributed by atoms with Gasteiger partial charge < -0.3 is 10.6 Å². The molecular formula is C16H14N6O2S. The molecule has 0 radical (unpaired) electrons. The van der Waals surface area contributed by atoms with Crippen LogP contribution in [-0.2, 0) is 0 Å². The zero-order valence-electron chi connectivity index (χ0n) is 13.0. The van der Waals surface area contributed by atoms with Crippen molar-refractivity contribution in [3.63, 3.8) is 0 Å². The minimum Gasteiger partial charge on any atom is -0.346 e. The molecule has 0 unspecified atom stereocenters. The van der Waals surface area contributed by atoms with Crippen molar-refractivity contribution in [3.8, 4) is 5.69 Å². The summed E-state index contributed by atoms with van der Waals surface area (Å²) < 4.78 is 0. The highest BCUT2D eigenvalue weighted by atomic mass is 32.1. The fourth-order valence-corrected chi connectivity index (χ4v) is 2.80. The molecular weight excluding hydrogens is 340 g/mol. The molecule has 4 rings (SSSR count). The predicted molar refractivity (Wildman–Crippen MR) is 91.9 cm³/mol. The minimum absolute atomic E-state index is 0.0433. The summed E-state index contributed by atoms with van der Waals surface area (Å²) in [4.78, 5) is 25.2.